The number of ether oxygens (including phenoxy) is 1. The molecule has 0 aromatic heterocycles. The van der Waals surface area contributed by atoms with Gasteiger partial charge in [0.05, 0.1) is 0 Å². The highest BCUT2D eigenvalue weighted by Crippen LogP contribution is 2.15. The molecular formula is C13H20N2O2. The van der Waals surface area contributed by atoms with Crippen LogP contribution >= 0.6 is 0 Å². The van der Waals surface area contributed by atoms with Crippen molar-refractivity contribution in [2.45, 2.75) is 26.9 Å². The molecule has 1 rings (SSSR count). The summed E-state index contributed by atoms with van der Waals surface area (Å²) in [4.78, 5) is 11.7. The van der Waals surface area contributed by atoms with E-state index in [9.17, 15) is 4.79 Å². The summed E-state index contributed by atoms with van der Waals surface area (Å²) in [5.41, 5.74) is 6.25. The maximum atomic E-state index is 11.7. The number of anilines is 1. The molecule has 0 aliphatic carbocycles. The van der Waals surface area contributed by atoms with E-state index in [-0.39, 0.29) is 5.91 Å². The first-order chi connectivity index (χ1) is 7.99. The van der Waals surface area contributed by atoms with Crippen LogP contribution in [0.1, 0.15) is 20.8 Å². The van der Waals surface area contributed by atoms with Crippen molar-refractivity contribution in [3.05, 3.63) is 24.3 Å². The summed E-state index contributed by atoms with van der Waals surface area (Å²) in [6.07, 6.45) is -0.518. The quantitative estimate of drug-likeness (QED) is 0.766. The number of nitrogen functional groups attached to an aromatic ring is 1. The van der Waals surface area contributed by atoms with Crippen LogP contribution in [-0.2, 0) is 4.79 Å². The van der Waals surface area contributed by atoms with E-state index in [2.05, 4.69) is 5.32 Å². The van der Waals surface area contributed by atoms with Gasteiger partial charge in [-0.1, -0.05) is 19.9 Å². The van der Waals surface area contributed by atoms with Crippen molar-refractivity contribution in [3.8, 4) is 5.75 Å². The van der Waals surface area contributed by atoms with E-state index in [0.717, 1.165) is 0 Å². The first-order valence-electron chi connectivity index (χ1n) is 5.79. The normalized spacial score (nSPS) is 12.2. The molecule has 0 heterocycles. The Morgan fingerprint density at radius 2 is 2.12 bits per heavy atom. The second-order valence-electron chi connectivity index (χ2n) is 4.47. The first-order valence-corrected chi connectivity index (χ1v) is 5.79. The molecule has 0 spiro atoms. The van der Waals surface area contributed by atoms with Crippen LogP contribution in [0.4, 0.5) is 5.69 Å². The van der Waals surface area contributed by atoms with Gasteiger partial charge in [0.2, 0.25) is 0 Å². The molecule has 1 atom stereocenters. The number of nitrogens with two attached hydrogens (primary N) is 1. The van der Waals surface area contributed by atoms with Crippen molar-refractivity contribution < 1.29 is 9.53 Å². The second-order valence-corrected chi connectivity index (χ2v) is 4.47. The Hall–Kier alpha value is -1.71. The molecule has 1 amide bonds. The van der Waals surface area contributed by atoms with E-state index in [1.54, 1.807) is 31.2 Å². The van der Waals surface area contributed by atoms with Gasteiger partial charge in [0.15, 0.2) is 6.10 Å². The minimum Gasteiger partial charge on any atom is -0.481 e. The van der Waals surface area contributed by atoms with Crippen molar-refractivity contribution in [3.63, 3.8) is 0 Å². The van der Waals surface area contributed by atoms with E-state index in [4.69, 9.17) is 10.5 Å². The largest absolute Gasteiger partial charge is 0.481 e. The molecule has 0 bridgehead atoms. The van der Waals surface area contributed by atoms with E-state index in [1.165, 1.54) is 0 Å². The molecule has 94 valence electrons. The molecule has 0 fully saturated rings. The molecule has 4 heteroatoms. The number of hydrogen-bond acceptors (Lipinski definition) is 3. The van der Waals surface area contributed by atoms with E-state index in [1.807, 2.05) is 13.8 Å². The van der Waals surface area contributed by atoms with Gasteiger partial charge in [-0.25, -0.2) is 0 Å². The van der Waals surface area contributed by atoms with Gasteiger partial charge in [-0.15, -0.1) is 0 Å². The van der Waals surface area contributed by atoms with E-state index >= 15 is 0 Å². The molecule has 3 N–H and O–H groups in total. The molecule has 0 unspecified atom stereocenters. The molecule has 1 aromatic rings. The van der Waals surface area contributed by atoms with Crippen LogP contribution < -0.4 is 15.8 Å². The van der Waals surface area contributed by atoms with Crippen LogP contribution in [0.2, 0.25) is 0 Å². The van der Waals surface area contributed by atoms with Crippen LogP contribution in [0.15, 0.2) is 24.3 Å². The summed E-state index contributed by atoms with van der Waals surface area (Å²) in [5, 5.41) is 2.82. The van der Waals surface area contributed by atoms with Gasteiger partial charge >= 0.3 is 0 Å². The third kappa shape index (κ3) is 4.76. The van der Waals surface area contributed by atoms with Crippen LogP contribution in [0.3, 0.4) is 0 Å². The zero-order valence-electron chi connectivity index (χ0n) is 10.6. The predicted octanol–water partition coefficient (Wildman–Crippen LogP) is 1.81. The summed E-state index contributed by atoms with van der Waals surface area (Å²) in [5.74, 6) is 0.928. The van der Waals surface area contributed by atoms with Crippen molar-refractivity contribution in [2.24, 2.45) is 5.92 Å². The minimum atomic E-state index is -0.518. The third-order valence-electron chi connectivity index (χ3n) is 2.22. The lowest BCUT2D eigenvalue weighted by molar-refractivity contribution is -0.127. The number of rotatable bonds is 5. The maximum Gasteiger partial charge on any atom is 0.260 e. The lowest BCUT2D eigenvalue weighted by Crippen LogP contribution is -2.38. The number of nitrogens with one attached hydrogen (secondary N) is 1. The number of carbonyl (C=O) groups is 1. The number of hydrogen-bond donors (Lipinski definition) is 2. The lowest BCUT2D eigenvalue weighted by Gasteiger charge is -2.15. The monoisotopic (exact) mass is 236 g/mol. The molecule has 0 aliphatic heterocycles. The van der Waals surface area contributed by atoms with Gasteiger partial charge in [0.25, 0.3) is 5.91 Å². The van der Waals surface area contributed by atoms with Gasteiger partial charge < -0.3 is 15.8 Å². The highest BCUT2D eigenvalue weighted by atomic mass is 16.5. The lowest BCUT2D eigenvalue weighted by atomic mass is 10.2. The van der Waals surface area contributed by atoms with Crippen molar-refractivity contribution in [1.82, 2.24) is 5.32 Å². The van der Waals surface area contributed by atoms with Crippen molar-refractivity contribution in [1.29, 1.82) is 0 Å². The molecule has 1 aromatic carbocycles. The Labute approximate surface area is 102 Å². The first kappa shape index (κ1) is 13.4. The number of benzene rings is 1. The van der Waals surface area contributed by atoms with Crippen molar-refractivity contribution >= 4 is 11.6 Å². The highest BCUT2D eigenvalue weighted by Gasteiger charge is 2.14. The fourth-order valence-electron chi connectivity index (χ4n) is 1.29. The van der Waals surface area contributed by atoms with Crippen LogP contribution in [-0.4, -0.2) is 18.6 Å². The Morgan fingerprint density at radius 1 is 1.41 bits per heavy atom. The SMILES string of the molecule is CC(C)CNC(=O)[C@@H](C)Oc1cccc(N)c1. The second kappa shape index (κ2) is 6.13. The molecule has 4 nitrogen and oxygen atoms in total. The third-order valence-corrected chi connectivity index (χ3v) is 2.22. The molecular weight excluding hydrogens is 216 g/mol. The number of amides is 1. The fourth-order valence-corrected chi connectivity index (χ4v) is 1.29. The summed E-state index contributed by atoms with van der Waals surface area (Å²) >= 11 is 0. The predicted molar refractivity (Wildman–Crippen MR) is 68.8 cm³/mol. The number of carbonyl (C=O) groups excluding carboxylic acids is 1. The van der Waals surface area contributed by atoms with Crippen LogP contribution in [0, 0.1) is 5.92 Å². The average molecular weight is 236 g/mol. The molecule has 0 radical (unpaired) electrons. The zero-order valence-corrected chi connectivity index (χ0v) is 10.6. The molecule has 0 saturated carbocycles. The van der Waals surface area contributed by atoms with Crippen molar-refractivity contribution in [2.75, 3.05) is 12.3 Å². The zero-order chi connectivity index (χ0) is 12.8. The molecule has 0 aliphatic rings. The summed E-state index contributed by atoms with van der Waals surface area (Å²) in [6, 6.07) is 7.05. The Balaban J connectivity index is 2.48. The Bertz CT molecular complexity index is 377. The van der Waals surface area contributed by atoms with Crippen LogP contribution in [0.25, 0.3) is 0 Å². The van der Waals surface area contributed by atoms with Gasteiger partial charge in [-0.2, -0.15) is 0 Å². The summed E-state index contributed by atoms with van der Waals surface area (Å²) < 4.78 is 5.50. The van der Waals surface area contributed by atoms with E-state index in [0.29, 0.717) is 23.9 Å². The van der Waals surface area contributed by atoms with Crippen LogP contribution in [0.5, 0.6) is 5.75 Å². The fraction of sp³-hybridized carbons (Fsp3) is 0.462. The Kier molecular flexibility index (Phi) is 4.82. The highest BCUT2D eigenvalue weighted by molar-refractivity contribution is 5.80. The van der Waals surface area contributed by atoms with Gasteiger partial charge in [0, 0.05) is 18.3 Å². The maximum absolute atomic E-state index is 11.7. The average Bonchev–Trinajstić information content (AvgIpc) is 2.25. The smallest absolute Gasteiger partial charge is 0.260 e. The summed E-state index contributed by atoms with van der Waals surface area (Å²) in [7, 11) is 0. The summed E-state index contributed by atoms with van der Waals surface area (Å²) in [6.45, 7) is 6.47. The molecule has 17 heavy (non-hydrogen) atoms. The Morgan fingerprint density at radius 3 is 2.71 bits per heavy atom. The van der Waals surface area contributed by atoms with Gasteiger partial charge in [-0.3, -0.25) is 4.79 Å². The minimum absolute atomic E-state index is 0.110. The van der Waals surface area contributed by atoms with Gasteiger partial charge in [-0.05, 0) is 25.0 Å². The van der Waals surface area contributed by atoms with E-state index < -0.39 is 6.10 Å². The topological polar surface area (TPSA) is 64.3 Å². The van der Waals surface area contributed by atoms with Gasteiger partial charge in [0.1, 0.15) is 5.75 Å². The standard InChI is InChI=1S/C13H20N2O2/c1-9(2)8-15-13(16)10(3)17-12-6-4-5-11(14)7-12/h4-7,9-10H,8,14H2,1-3H3,(H,15,16)/t10-/m1/s1. The molecule has 0 saturated heterocycles.